The van der Waals surface area contributed by atoms with Gasteiger partial charge >= 0.3 is 0 Å². The number of nitrogens with zero attached hydrogens (tertiary/aromatic N) is 3. The van der Waals surface area contributed by atoms with E-state index in [0.717, 1.165) is 43.0 Å². The lowest BCUT2D eigenvalue weighted by atomic mass is 9.98. The van der Waals surface area contributed by atoms with Crippen LogP contribution in [0.25, 0.3) is 0 Å². The summed E-state index contributed by atoms with van der Waals surface area (Å²) in [7, 11) is 0. The molecular weight excluding hydrogens is 292 g/mol. The SMILES string of the molecule is Cc1ccc(N2CCCC(CNC(=O)c3occc3C)C2)nn1. The summed E-state index contributed by atoms with van der Waals surface area (Å²) in [6.07, 6.45) is 3.74. The van der Waals surface area contributed by atoms with E-state index in [-0.39, 0.29) is 5.91 Å². The Morgan fingerprint density at radius 1 is 1.35 bits per heavy atom. The van der Waals surface area contributed by atoms with Crippen molar-refractivity contribution >= 4 is 11.7 Å². The summed E-state index contributed by atoms with van der Waals surface area (Å²) in [5, 5.41) is 11.4. The maximum Gasteiger partial charge on any atom is 0.287 e. The first-order valence-corrected chi connectivity index (χ1v) is 8.01. The number of piperidine rings is 1. The molecule has 0 bridgehead atoms. The van der Waals surface area contributed by atoms with Gasteiger partial charge in [0.05, 0.1) is 12.0 Å². The maximum absolute atomic E-state index is 12.1. The molecule has 1 saturated heterocycles. The van der Waals surface area contributed by atoms with Crippen molar-refractivity contribution < 1.29 is 9.21 Å². The maximum atomic E-state index is 12.1. The van der Waals surface area contributed by atoms with Gasteiger partial charge in [-0.05, 0) is 50.8 Å². The van der Waals surface area contributed by atoms with Gasteiger partial charge in [0.2, 0.25) is 0 Å². The van der Waals surface area contributed by atoms with Crippen LogP contribution in [0.1, 0.15) is 34.7 Å². The predicted octanol–water partition coefficient (Wildman–Crippen LogP) is 2.33. The number of aryl methyl sites for hydroxylation is 2. The van der Waals surface area contributed by atoms with Crippen LogP contribution in [0, 0.1) is 19.8 Å². The van der Waals surface area contributed by atoms with Crippen molar-refractivity contribution in [1.82, 2.24) is 15.5 Å². The van der Waals surface area contributed by atoms with Crippen LogP contribution in [-0.4, -0.2) is 35.7 Å². The smallest absolute Gasteiger partial charge is 0.287 e. The molecule has 2 aromatic heterocycles. The second kappa shape index (κ2) is 6.81. The summed E-state index contributed by atoms with van der Waals surface area (Å²) in [6.45, 7) is 6.32. The van der Waals surface area contributed by atoms with Crippen LogP contribution in [0.2, 0.25) is 0 Å². The lowest BCUT2D eigenvalue weighted by Gasteiger charge is -2.33. The van der Waals surface area contributed by atoms with Crippen molar-refractivity contribution in [3.63, 3.8) is 0 Å². The number of amides is 1. The Morgan fingerprint density at radius 3 is 2.91 bits per heavy atom. The summed E-state index contributed by atoms with van der Waals surface area (Å²) < 4.78 is 5.23. The van der Waals surface area contributed by atoms with E-state index in [9.17, 15) is 4.79 Å². The molecule has 1 unspecified atom stereocenters. The van der Waals surface area contributed by atoms with Gasteiger partial charge in [0, 0.05) is 25.2 Å². The molecule has 1 N–H and O–H groups in total. The van der Waals surface area contributed by atoms with Gasteiger partial charge in [-0.25, -0.2) is 0 Å². The highest BCUT2D eigenvalue weighted by atomic mass is 16.3. The zero-order valence-electron chi connectivity index (χ0n) is 13.6. The van der Waals surface area contributed by atoms with E-state index in [1.807, 2.05) is 26.0 Å². The quantitative estimate of drug-likeness (QED) is 0.938. The molecule has 1 fully saturated rings. The Bertz CT molecular complexity index is 665. The Morgan fingerprint density at radius 2 is 2.22 bits per heavy atom. The number of carbonyl (C=O) groups is 1. The third-order valence-electron chi connectivity index (χ3n) is 4.25. The minimum atomic E-state index is -0.139. The van der Waals surface area contributed by atoms with Gasteiger partial charge < -0.3 is 14.6 Å². The van der Waals surface area contributed by atoms with Crippen LogP contribution in [0.3, 0.4) is 0 Å². The zero-order valence-corrected chi connectivity index (χ0v) is 13.6. The Labute approximate surface area is 135 Å². The monoisotopic (exact) mass is 314 g/mol. The minimum absolute atomic E-state index is 0.139. The van der Waals surface area contributed by atoms with Crippen molar-refractivity contribution in [2.75, 3.05) is 24.5 Å². The normalized spacial score (nSPS) is 18.0. The molecule has 0 aromatic carbocycles. The van der Waals surface area contributed by atoms with Crippen LogP contribution in [0.15, 0.2) is 28.9 Å². The average Bonchev–Trinajstić information content (AvgIpc) is 3.00. The number of aromatic nitrogens is 2. The zero-order chi connectivity index (χ0) is 16.2. The Balaban J connectivity index is 1.55. The standard InChI is InChI=1S/C17H22N4O2/c1-12-7-9-23-16(12)17(22)18-10-14-4-3-8-21(11-14)15-6-5-13(2)19-20-15/h5-7,9,14H,3-4,8,10-11H2,1-2H3,(H,18,22). The molecule has 0 aliphatic carbocycles. The molecule has 6 nitrogen and oxygen atoms in total. The fourth-order valence-electron chi connectivity index (χ4n) is 2.92. The number of nitrogens with one attached hydrogen (secondary N) is 1. The highest BCUT2D eigenvalue weighted by molar-refractivity contribution is 5.92. The van der Waals surface area contributed by atoms with Crippen molar-refractivity contribution in [2.45, 2.75) is 26.7 Å². The van der Waals surface area contributed by atoms with Crippen LogP contribution >= 0.6 is 0 Å². The summed E-state index contributed by atoms with van der Waals surface area (Å²) in [4.78, 5) is 14.4. The van der Waals surface area contributed by atoms with E-state index in [1.165, 1.54) is 0 Å². The second-order valence-electron chi connectivity index (χ2n) is 6.13. The molecule has 122 valence electrons. The number of carbonyl (C=O) groups excluding carboxylic acids is 1. The highest BCUT2D eigenvalue weighted by Crippen LogP contribution is 2.21. The fraction of sp³-hybridized carbons (Fsp3) is 0.471. The van der Waals surface area contributed by atoms with Gasteiger partial charge in [-0.1, -0.05) is 0 Å². The Hall–Kier alpha value is -2.37. The van der Waals surface area contributed by atoms with Gasteiger partial charge in [0.25, 0.3) is 5.91 Å². The van der Waals surface area contributed by atoms with Crippen LogP contribution in [-0.2, 0) is 0 Å². The van der Waals surface area contributed by atoms with E-state index in [2.05, 4.69) is 20.4 Å². The number of hydrogen-bond acceptors (Lipinski definition) is 5. The van der Waals surface area contributed by atoms with Gasteiger partial charge in [0.1, 0.15) is 0 Å². The average molecular weight is 314 g/mol. The molecule has 3 heterocycles. The molecule has 1 aliphatic heterocycles. The molecular formula is C17H22N4O2. The third kappa shape index (κ3) is 3.70. The highest BCUT2D eigenvalue weighted by Gasteiger charge is 2.22. The number of rotatable bonds is 4. The predicted molar refractivity (Wildman–Crippen MR) is 87.5 cm³/mol. The lowest BCUT2D eigenvalue weighted by molar-refractivity contribution is 0.0917. The van der Waals surface area contributed by atoms with E-state index >= 15 is 0 Å². The largest absolute Gasteiger partial charge is 0.459 e. The summed E-state index contributed by atoms with van der Waals surface area (Å²) in [5.41, 5.74) is 1.78. The first-order chi connectivity index (χ1) is 11.1. The Kier molecular flexibility index (Phi) is 4.60. The molecule has 0 radical (unpaired) electrons. The first-order valence-electron chi connectivity index (χ1n) is 8.01. The third-order valence-corrected chi connectivity index (χ3v) is 4.25. The number of hydrogen-bond donors (Lipinski definition) is 1. The number of furan rings is 1. The van der Waals surface area contributed by atoms with E-state index in [0.29, 0.717) is 18.2 Å². The van der Waals surface area contributed by atoms with Crippen molar-refractivity contribution in [1.29, 1.82) is 0 Å². The molecule has 6 heteroatoms. The molecule has 0 saturated carbocycles. The topological polar surface area (TPSA) is 71.3 Å². The van der Waals surface area contributed by atoms with E-state index < -0.39 is 0 Å². The first kappa shape index (κ1) is 15.5. The molecule has 0 spiro atoms. The van der Waals surface area contributed by atoms with Crippen LogP contribution < -0.4 is 10.2 Å². The molecule has 23 heavy (non-hydrogen) atoms. The van der Waals surface area contributed by atoms with Crippen LogP contribution in [0.5, 0.6) is 0 Å². The molecule has 1 aliphatic rings. The fourth-order valence-corrected chi connectivity index (χ4v) is 2.92. The van der Waals surface area contributed by atoms with Gasteiger partial charge in [-0.15, -0.1) is 5.10 Å². The minimum Gasteiger partial charge on any atom is -0.459 e. The lowest BCUT2D eigenvalue weighted by Crippen LogP contribution is -2.41. The summed E-state index contributed by atoms with van der Waals surface area (Å²) in [5.74, 6) is 1.58. The van der Waals surface area contributed by atoms with Crippen molar-refractivity contribution in [3.05, 3.63) is 41.5 Å². The van der Waals surface area contributed by atoms with E-state index in [1.54, 1.807) is 12.3 Å². The number of anilines is 1. The van der Waals surface area contributed by atoms with Crippen molar-refractivity contribution in [2.24, 2.45) is 5.92 Å². The molecule has 2 aromatic rings. The second-order valence-corrected chi connectivity index (χ2v) is 6.13. The summed E-state index contributed by atoms with van der Waals surface area (Å²) in [6, 6.07) is 5.79. The van der Waals surface area contributed by atoms with Gasteiger partial charge in [-0.3, -0.25) is 4.79 Å². The van der Waals surface area contributed by atoms with E-state index in [4.69, 9.17) is 4.42 Å². The molecule has 1 atom stereocenters. The van der Waals surface area contributed by atoms with Crippen LogP contribution in [0.4, 0.5) is 5.82 Å². The van der Waals surface area contributed by atoms with Gasteiger partial charge in [-0.2, -0.15) is 5.10 Å². The summed E-state index contributed by atoms with van der Waals surface area (Å²) >= 11 is 0. The van der Waals surface area contributed by atoms with Gasteiger partial charge in [0.15, 0.2) is 11.6 Å². The molecule has 1 amide bonds. The van der Waals surface area contributed by atoms with Crippen molar-refractivity contribution in [3.8, 4) is 0 Å². The molecule has 3 rings (SSSR count).